The molecule has 0 bridgehead atoms. The number of carbonyl (C=O) groups is 1. The number of hydrogen-bond acceptors (Lipinski definition) is 6. The Morgan fingerprint density at radius 3 is 2.64 bits per heavy atom. The van der Waals surface area contributed by atoms with E-state index in [-0.39, 0.29) is 29.8 Å². The van der Waals surface area contributed by atoms with Crippen LogP contribution in [-0.4, -0.2) is 46.1 Å². The van der Waals surface area contributed by atoms with Crippen LogP contribution in [0.4, 0.5) is 0 Å². The summed E-state index contributed by atoms with van der Waals surface area (Å²) in [5, 5.41) is 4.15. The van der Waals surface area contributed by atoms with Crippen molar-refractivity contribution in [3.05, 3.63) is 36.2 Å². The van der Waals surface area contributed by atoms with E-state index >= 15 is 0 Å². The highest BCUT2D eigenvalue weighted by molar-refractivity contribution is 5.81. The van der Waals surface area contributed by atoms with Gasteiger partial charge in [0.15, 0.2) is 5.82 Å². The van der Waals surface area contributed by atoms with Gasteiger partial charge in [-0.2, -0.15) is 4.98 Å². The van der Waals surface area contributed by atoms with E-state index < -0.39 is 0 Å². The van der Waals surface area contributed by atoms with Crippen molar-refractivity contribution in [1.29, 1.82) is 0 Å². The van der Waals surface area contributed by atoms with Crippen LogP contribution in [0.3, 0.4) is 0 Å². The predicted molar refractivity (Wildman–Crippen MR) is 92.4 cm³/mol. The second-order valence-electron chi connectivity index (χ2n) is 6.99. The monoisotopic (exact) mass is 341 g/mol. The molecule has 4 rings (SSSR count). The molecular formula is C18H23N5O2. The number of nitrogens with one attached hydrogen (secondary N) is 2. The summed E-state index contributed by atoms with van der Waals surface area (Å²) in [6, 6.07) is 10.0. The molecule has 132 valence electrons. The maximum atomic E-state index is 12.9. The molecule has 0 radical (unpaired) electrons. The summed E-state index contributed by atoms with van der Waals surface area (Å²) in [5.41, 5.74) is 7.22. The predicted octanol–water partition coefficient (Wildman–Crippen LogP) is 1.55. The fraction of sp³-hybridized carbons (Fsp3) is 0.500. The van der Waals surface area contributed by atoms with E-state index in [9.17, 15) is 4.79 Å². The van der Waals surface area contributed by atoms with Crippen LogP contribution in [0.25, 0.3) is 11.5 Å². The zero-order valence-corrected chi connectivity index (χ0v) is 14.5. The summed E-state index contributed by atoms with van der Waals surface area (Å²) in [6.07, 6.45) is 0.871. The van der Waals surface area contributed by atoms with E-state index in [1.54, 1.807) is 0 Å². The number of benzene rings is 1. The molecule has 0 aliphatic carbocycles. The van der Waals surface area contributed by atoms with E-state index in [1.807, 2.05) is 49.1 Å². The van der Waals surface area contributed by atoms with Crippen molar-refractivity contribution in [1.82, 2.24) is 25.9 Å². The first kappa shape index (κ1) is 16.2. The van der Waals surface area contributed by atoms with E-state index in [0.717, 1.165) is 18.5 Å². The first-order chi connectivity index (χ1) is 12.1. The molecule has 3 heterocycles. The molecule has 0 saturated carbocycles. The third kappa shape index (κ3) is 3.05. The molecule has 7 heteroatoms. The van der Waals surface area contributed by atoms with Gasteiger partial charge in [0.05, 0.1) is 5.92 Å². The van der Waals surface area contributed by atoms with E-state index in [4.69, 9.17) is 4.52 Å². The molecule has 2 fully saturated rings. The molecule has 3 atom stereocenters. The van der Waals surface area contributed by atoms with Crippen molar-refractivity contribution < 1.29 is 9.32 Å². The Morgan fingerprint density at radius 2 is 1.92 bits per heavy atom. The van der Waals surface area contributed by atoms with Gasteiger partial charge in [0.1, 0.15) is 0 Å². The van der Waals surface area contributed by atoms with Crippen LogP contribution in [0, 0.1) is 5.92 Å². The van der Waals surface area contributed by atoms with Gasteiger partial charge >= 0.3 is 0 Å². The maximum Gasteiger partial charge on any atom is 0.257 e. The summed E-state index contributed by atoms with van der Waals surface area (Å²) < 4.78 is 5.41. The highest BCUT2D eigenvalue weighted by atomic mass is 16.5. The first-order valence-electron chi connectivity index (χ1n) is 8.82. The van der Waals surface area contributed by atoms with Gasteiger partial charge in [-0.05, 0) is 32.4 Å². The Labute approximate surface area is 146 Å². The molecule has 2 aliphatic heterocycles. The topological polar surface area (TPSA) is 83.3 Å². The molecule has 1 amide bonds. The van der Waals surface area contributed by atoms with Crippen LogP contribution in [-0.2, 0) is 4.79 Å². The number of amides is 1. The third-order valence-corrected chi connectivity index (χ3v) is 5.23. The van der Waals surface area contributed by atoms with Crippen molar-refractivity contribution in [2.75, 3.05) is 13.1 Å². The van der Waals surface area contributed by atoms with Gasteiger partial charge in [0, 0.05) is 36.7 Å². The average molecular weight is 341 g/mol. The van der Waals surface area contributed by atoms with Gasteiger partial charge in [0.25, 0.3) is 5.89 Å². The summed E-state index contributed by atoms with van der Waals surface area (Å²) >= 11 is 0. The Balaban J connectivity index is 1.44. The highest BCUT2D eigenvalue weighted by Crippen LogP contribution is 2.29. The van der Waals surface area contributed by atoms with Crippen LogP contribution in [0.2, 0.25) is 0 Å². The molecule has 2 aromatic rings. The molecule has 3 unspecified atom stereocenters. The largest absolute Gasteiger partial charge is 0.342 e. The summed E-state index contributed by atoms with van der Waals surface area (Å²) in [6.45, 7) is 5.48. The Hall–Kier alpha value is -2.25. The van der Waals surface area contributed by atoms with Gasteiger partial charge in [-0.3, -0.25) is 15.6 Å². The number of hydrogen-bond donors (Lipinski definition) is 2. The van der Waals surface area contributed by atoms with Crippen molar-refractivity contribution in [2.45, 2.75) is 38.3 Å². The Bertz CT molecular complexity index is 737. The molecule has 2 saturated heterocycles. The van der Waals surface area contributed by atoms with Crippen LogP contribution in [0.1, 0.15) is 32.0 Å². The van der Waals surface area contributed by atoms with Crippen molar-refractivity contribution >= 4 is 5.91 Å². The lowest BCUT2D eigenvalue weighted by molar-refractivity contribution is -0.135. The van der Waals surface area contributed by atoms with E-state index in [2.05, 4.69) is 21.0 Å². The number of rotatable bonds is 3. The number of hydrazine groups is 1. The molecule has 25 heavy (non-hydrogen) atoms. The average Bonchev–Trinajstić information content (AvgIpc) is 3.35. The minimum absolute atomic E-state index is 0.0381. The molecule has 0 spiro atoms. The molecule has 7 nitrogen and oxygen atoms in total. The zero-order valence-electron chi connectivity index (χ0n) is 14.5. The lowest BCUT2D eigenvalue weighted by Gasteiger charge is -2.24. The van der Waals surface area contributed by atoms with Crippen molar-refractivity contribution in [3.8, 4) is 11.5 Å². The molecule has 2 aliphatic rings. The summed E-state index contributed by atoms with van der Waals surface area (Å²) in [7, 11) is 0. The summed E-state index contributed by atoms with van der Waals surface area (Å²) in [5.74, 6) is 1.53. The van der Waals surface area contributed by atoms with Gasteiger partial charge in [-0.1, -0.05) is 23.4 Å². The fourth-order valence-corrected chi connectivity index (χ4v) is 3.78. The molecule has 1 aromatic heterocycles. The third-order valence-electron chi connectivity index (χ3n) is 5.23. The zero-order chi connectivity index (χ0) is 17.4. The standard InChI is InChI=1S/C18H23N5O2/c1-11-15(12(2)21-20-11)18(24)23-9-8-14(10-23)16-19-17(25-22-16)13-6-4-3-5-7-13/h3-7,11-12,14-15,20-21H,8-10H2,1-2H3. The quantitative estimate of drug-likeness (QED) is 0.881. The second kappa shape index (κ2) is 6.57. The lowest BCUT2D eigenvalue weighted by atomic mass is 9.95. The van der Waals surface area contributed by atoms with Crippen LogP contribution < -0.4 is 10.9 Å². The van der Waals surface area contributed by atoms with Gasteiger partial charge < -0.3 is 9.42 Å². The summed E-state index contributed by atoms with van der Waals surface area (Å²) in [4.78, 5) is 19.3. The number of carbonyl (C=O) groups excluding carboxylic acids is 1. The SMILES string of the molecule is CC1NNC(C)C1C(=O)N1CCC(c2noc(-c3ccccc3)n2)C1. The maximum absolute atomic E-state index is 12.9. The smallest absolute Gasteiger partial charge is 0.257 e. The molecule has 1 aromatic carbocycles. The number of aromatic nitrogens is 2. The van der Waals surface area contributed by atoms with E-state index in [0.29, 0.717) is 18.3 Å². The molecule has 2 N–H and O–H groups in total. The molecular weight excluding hydrogens is 318 g/mol. The van der Waals surface area contributed by atoms with Crippen molar-refractivity contribution in [3.63, 3.8) is 0 Å². The number of nitrogens with zero attached hydrogens (tertiary/aromatic N) is 3. The lowest BCUT2D eigenvalue weighted by Crippen LogP contribution is -2.42. The minimum atomic E-state index is -0.0381. The van der Waals surface area contributed by atoms with Crippen LogP contribution >= 0.6 is 0 Å². The Morgan fingerprint density at radius 1 is 1.20 bits per heavy atom. The van der Waals surface area contributed by atoms with E-state index in [1.165, 1.54) is 0 Å². The minimum Gasteiger partial charge on any atom is -0.342 e. The Kier molecular flexibility index (Phi) is 4.27. The van der Waals surface area contributed by atoms with Gasteiger partial charge in [-0.15, -0.1) is 0 Å². The van der Waals surface area contributed by atoms with Crippen molar-refractivity contribution in [2.24, 2.45) is 5.92 Å². The number of likely N-dealkylation sites (tertiary alicyclic amines) is 1. The van der Waals surface area contributed by atoms with Crippen LogP contribution in [0.15, 0.2) is 34.9 Å². The highest BCUT2D eigenvalue weighted by Gasteiger charge is 2.40. The fourth-order valence-electron chi connectivity index (χ4n) is 3.78. The second-order valence-corrected chi connectivity index (χ2v) is 6.99. The van der Waals surface area contributed by atoms with Crippen LogP contribution in [0.5, 0.6) is 0 Å². The first-order valence-corrected chi connectivity index (χ1v) is 8.82. The normalized spacial score (nSPS) is 29.3. The van der Waals surface area contributed by atoms with Gasteiger partial charge in [0.2, 0.25) is 5.91 Å². The van der Waals surface area contributed by atoms with Gasteiger partial charge in [-0.25, -0.2) is 0 Å².